The van der Waals surface area contributed by atoms with Gasteiger partial charge in [0.2, 0.25) is 5.91 Å². The number of ether oxygens (including phenoxy) is 1. The zero-order chi connectivity index (χ0) is 13.5. The van der Waals surface area contributed by atoms with Crippen LogP contribution in [0, 0.1) is 11.3 Å². The van der Waals surface area contributed by atoms with Crippen molar-refractivity contribution in [1.82, 2.24) is 5.32 Å². The van der Waals surface area contributed by atoms with E-state index in [1.165, 1.54) is 0 Å². The van der Waals surface area contributed by atoms with Gasteiger partial charge in [0.25, 0.3) is 0 Å². The lowest BCUT2D eigenvalue weighted by Crippen LogP contribution is -2.46. The van der Waals surface area contributed by atoms with Crippen molar-refractivity contribution in [2.24, 2.45) is 11.3 Å². The van der Waals surface area contributed by atoms with Gasteiger partial charge in [-0.1, -0.05) is 34.1 Å². The second kappa shape index (κ2) is 7.67. The third-order valence-electron chi connectivity index (χ3n) is 3.14. The van der Waals surface area contributed by atoms with E-state index in [9.17, 15) is 9.90 Å². The minimum Gasteiger partial charge on any atom is -0.384 e. The van der Waals surface area contributed by atoms with Crippen LogP contribution in [0.25, 0.3) is 0 Å². The van der Waals surface area contributed by atoms with Crippen LogP contribution in [0.1, 0.15) is 40.5 Å². The Morgan fingerprint density at radius 1 is 1.47 bits per heavy atom. The molecule has 0 aromatic carbocycles. The van der Waals surface area contributed by atoms with Crippen molar-refractivity contribution < 1.29 is 14.6 Å². The number of hydrogen-bond acceptors (Lipinski definition) is 3. The molecule has 102 valence electrons. The van der Waals surface area contributed by atoms with Crippen molar-refractivity contribution in [3.05, 3.63) is 0 Å². The molecule has 0 saturated heterocycles. The summed E-state index contributed by atoms with van der Waals surface area (Å²) in [6, 6.07) is 0. The van der Waals surface area contributed by atoms with E-state index in [-0.39, 0.29) is 5.91 Å². The molecule has 0 fully saturated rings. The van der Waals surface area contributed by atoms with Crippen LogP contribution in [0.4, 0.5) is 0 Å². The molecule has 0 saturated carbocycles. The number of methoxy groups -OCH3 is 1. The van der Waals surface area contributed by atoms with Gasteiger partial charge in [-0.15, -0.1) is 0 Å². The van der Waals surface area contributed by atoms with Gasteiger partial charge in [0.15, 0.2) is 0 Å². The van der Waals surface area contributed by atoms with Crippen LogP contribution in [0.2, 0.25) is 0 Å². The highest BCUT2D eigenvalue weighted by molar-refractivity contribution is 5.81. The molecule has 4 heteroatoms. The third-order valence-corrected chi connectivity index (χ3v) is 3.14. The first-order valence-electron chi connectivity index (χ1n) is 6.29. The summed E-state index contributed by atoms with van der Waals surface area (Å²) in [5.74, 6) is 0.287. The fourth-order valence-electron chi connectivity index (χ4n) is 1.55. The molecule has 2 unspecified atom stereocenters. The summed E-state index contributed by atoms with van der Waals surface area (Å²) in [5, 5.41) is 12.7. The number of aliphatic hydroxyl groups is 1. The van der Waals surface area contributed by atoms with Crippen LogP contribution in [-0.4, -0.2) is 37.4 Å². The lowest BCUT2D eigenvalue weighted by atomic mass is 9.87. The van der Waals surface area contributed by atoms with Crippen LogP contribution < -0.4 is 5.32 Å². The average Bonchev–Trinajstić information content (AvgIpc) is 2.27. The summed E-state index contributed by atoms with van der Waals surface area (Å²) in [6.45, 7) is 8.88. The largest absolute Gasteiger partial charge is 0.384 e. The maximum absolute atomic E-state index is 11.7. The smallest absolute Gasteiger partial charge is 0.249 e. The van der Waals surface area contributed by atoms with Gasteiger partial charge in [0.1, 0.15) is 6.10 Å². The highest BCUT2D eigenvalue weighted by Gasteiger charge is 2.33. The zero-order valence-corrected chi connectivity index (χ0v) is 11.7. The minimum atomic E-state index is -1.03. The molecule has 1 amide bonds. The van der Waals surface area contributed by atoms with Crippen molar-refractivity contribution in [2.45, 2.75) is 46.6 Å². The number of hydrogen-bond donors (Lipinski definition) is 2. The predicted octanol–water partition coefficient (Wildman–Crippen LogP) is 1.57. The van der Waals surface area contributed by atoms with Gasteiger partial charge in [-0.05, 0) is 12.3 Å². The highest BCUT2D eigenvalue weighted by Crippen LogP contribution is 2.21. The molecule has 2 N–H and O–H groups in total. The Morgan fingerprint density at radius 2 is 2.06 bits per heavy atom. The van der Waals surface area contributed by atoms with E-state index in [1.807, 2.05) is 13.8 Å². The van der Waals surface area contributed by atoms with Gasteiger partial charge >= 0.3 is 0 Å². The van der Waals surface area contributed by atoms with Crippen LogP contribution >= 0.6 is 0 Å². The molecule has 0 aliphatic rings. The maximum atomic E-state index is 11.7. The molecule has 0 aliphatic heterocycles. The molecule has 0 aliphatic carbocycles. The highest BCUT2D eigenvalue weighted by atomic mass is 16.5. The molecule has 0 aromatic heterocycles. The molecule has 17 heavy (non-hydrogen) atoms. The Labute approximate surface area is 105 Å². The number of aliphatic hydroxyl groups excluding tert-OH is 1. The van der Waals surface area contributed by atoms with Crippen molar-refractivity contribution in [3.8, 4) is 0 Å². The van der Waals surface area contributed by atoms with Crippen LogP contribution in [-0.2, 0) is 9.53 Å². The normalized spacial score (nSPS) is 15.4. The Hall–Kier alpha value is -0.610. The number of carbonyl (C=O) groups excluding carboxylic acids is 1. The molecule has 0 heterocycles. The van der Waals surface area contributed by atoms with Crippen molar-refractivity contribution in [2.75, 3.05) is 20.3 Å². The molecule has 0 spiro atoms. The molecule has 4 nitrogen and oxygen atoms in total. The Balaban J connectivity index is 4.05. The SMILES string of the molecule is CCC(C)CCNC(=O)C(O)C(C)(C)COC. The quantitative estimate of drug-likeness (QED) is 0.682. The first kappa shape index (κ1) is 16.4. The van der Waals surface area contributed by atoms with Crippen LogP contribution in [0.5, 0.6) is 0 Å². The summed E-state index contributed by atoms with van der Waals surface area (Å²) >= 11 is 0. The third kappa shape index (κ3) is 6.03. The standard InChI is InChI=1S/C13H27NO3/c1-6-10(2)7-8-14-12(16)11(15)13(3,4)9-17-5/h10-11,15H,6-9H2,1-5H3,(H,14,16). The molecule has 0 bridgehead atoms. The van der Waals surface area contributed by atoms with Crippen molar-refractivity contribution >= 4 is 5.91 Å². The first-order chi connectivity index (χ1) is 7.85. The van der Waals surface area contributed by atoms with Gasteiger partial charge < -0.3 is 15.2 Å². The second-order valence-electron chi connectivity index (χ2n) is 5.42. The Bertz CT molecular complexity index is 229. The van der Waals surface area contributed by atoms with E-state index in [1.54, 1.807) is 7.11 Å². The summed E-state index contributed by atoms with van der Waals surface area (Å²) < 4.78 is 5.00. The van der Waals surface area contributed by atoms with Gasteiger partial charge in [-0.25, -0.2) is 0 Å². The molecule has 0 aromatic rings. The number of amides is 1. The van der Waals surface area contributed by atoms with Crippen molar-refractivity contribution in [1.29, 1.82) is 0 Å². The lowest BCUT2D eigenvalue weighted by molar-refractivity contribution is -0.137. The van der Waals surface area contributed by atoms with E-state index >= 15 is 0 Å². The topological polar surface area (TPSA) is 58.6 Å². The number of carbonyl (C=O) groups is 1. The summed E-state index contributed by atoms with van der Waals surface area (Å²) in [4.78, 5) is 11.7. The van der Waals surface area contributed by atoms with E-state index in [0.29, 0.717) is 19.1 Å². The van der Waals surface area contributed by atoms with E-state index < -0.39 is 11.5 Å². The maximum Gasteiger partial charge on any atom is 0.249 e. The summed E-state index contributed by atoms with van der Waals surface area (Å²) in [7, 11) is 1.56. The van der Waals surface area contributed by atoms with Gasteiger partial charge in [-0.2, -0.15) is 0 Å². The molecule has 0 radical (unpaired) electrons. The lowest BCUT2D eigenvalue weighted by Gasteiger charge is -2.28. The zero-order valence-electron chi connectivity index (χ0n) is 11.7. The summed E-state index contributed by atoms with van der Waals surface area (Å²) in [5.41, 5.74) is -0.560. The van der Waals surface area contributed by atoms with E-state index in [4.69, 9.17) is 4.74 Å². The van der Waals surface area contributed by atoms with E-state index in [0.717, 1.165) is 12.8 Å². The summed E-state index contributed by atoms with van der Waals surface area (Å²) in [6.07, 6.45) is 1.02. The molecule has 0 rings (SSSR count). The molecular weight excluding hydrogens is 218 g/mol. The Kier molecular flexibility index (Phi) is 7.39. The fraction of sp³-hybridized carbons (Fsp3) is 0.923. The predicted molar refractivity (Wildman–Crippen MR) is 68.7 cm³/mol. The first-order valence-corrected chi connectivity index (χ1v) is 6.29. The van der Waals surface area contributed by atoms with Crippen LogP contribution in [0.15, 0.2) is 0 Å². The molecular formula is C13H27NO3. The van der Waals surface area contributed by atoms with Gasteiger partial charge in [0, 0.05) is 19.1 Å². The van der Waals surface area contributed by atoms with Gasteiger partial charge in [-0.3, -0.25) is 4.79 Å². The average molecular weight is 245 g/mol. The number of nitrogens with one attached hydrogen (secondary N) is 1. The van der Waals surface area contributed by atoms with Crippen LogP contribution in [0.3, 0.4) is 0 Å². The van der Waals surface area contributed by atoms with Crippen molar-refractivity contribution in [3.63, 3.8) is 0 Å². The van der Waals surface area contributed by atoms with E-state index in [2.05, 4.69) is 19.2 Å². The fourth-order valence-corrected chi connectivity index (χ4v) is 1.55. The second-order valence-corrected chi connectivity index (χ2v) is 5.42. The minimum absolute atomic E-state index is 0.310. The number of rotatable bonds is 8. The molecule has 2 atom stereocenters. The monoisotopic (exact) mass is 245 g/mol. The van der Waals surface area contributed by atoms with Gasteiger partial charge in [0.05, 0.1) is 6.61 Å². The Morgan fingerprint density at radius 3 is 2.53 bits per heavy atom.